The summed E-state index contributed by atoms with van der Waals surface area (Å²) in [7, 11) is 0. The maximum absolute atomic E-state index is 13.1. The third-order valence-electron chi connectivity index (χ3n) is 1.66. The summed E-state index contributed by atoms with van der Waals surface area (Å²) >= 11 is 0. The summed E-state index contributed by atoms with van der Waals surface area (Å²) in [6, 6.07) is 0. The summed E-state index contributed by atoms with van der Waals surface area (Å²) in [5.41, 5.74) is -0.330. The smallest absolute Gasteiger partial charge is 0.226 e. The van der Waals surface area contributed by atoms with Crippen molar-refractivity contribution in [1.82, 2.24) is 5.32 Å². The molecule has 0 spiro atoms. The van der Waals surface area contributed by atoms with Crippen LogP contribution in [0.25, 0.3) is 0 Å². The highest BCUT2D eigenvalue weighted by molar-refractivity contribution is 5.79. The van der Waals surface area contributed by atoms with E-state index >= 15 is 0 Å². The topological polar surface area (TPSA) is 29.1 Å². The van der Waals surface area contributed by atoms with E-state index in [9.17, 15) is 18.0 Å². The van der Waals surface area contributed by atoms with Gasteiger partial charge in [-0.1, -0.05) is 13.8 Å². The molecule has 0 heterocycles. The molecule has 0 radical (unpaired) electrons. The first-order chi connectivity index (χ1) is 6.77. The second-order valence-corrected chi connectivity index (χ2v) is 3.43. The molecule has 5 heteroatoms. The first kappa shape index (κ1) is 13.7. The van der Waals surface area contributed by atoms with Gasteiger partial charge in [0.1, 0.15) is 5.83 Å². The zero-order valence-corrected chi connectivity index (χ0v) is 9.12. The summed E-state index contributed by atoms with van der Waals surface area (Å²) in [4.78, 5) is 11.1. The van der Waals surface area contributed by atoms with Gasteiger partial charge in [0, 0.05) is 5.92 Å². The fourth-order valence-electron chi connectivity index (χ4n) is 0.700. The number of nitrogens with one attached hydrogen (secondary N) is 1. The van der Waals surface area contributed by atoms with Gasteiger partial charge in [0.05, 0.1) is 5.70 Å². The van der Waals surface area contributed by atoms with Gasteiger partial charge >= 0.3 is 0 Å². The van der Waals surface area contributed by atoms with E-state index in [-0.39, 0.29) is 11.6 Å². The maximum Gasteiger partial charge on any atom is 0.226 e. The van der Waals surface area contributed by atoms with Crippen LogP contribution >= 0.6 is 0 Å². The van der Waals surface area contributed by atoms with Crippen molar-refractivity contribution in [2.45, 2.75) is 27.7 Å². The Balaban J connectivity index is 4.83. The fourth-order valence-corrected chi connectivity index (χ4v) is 0.700. The standard InChI is InChI=1S/C10H14F3NO/c1-5(2)10(15)14-7(4)9(13)8(12)6(3)11/h5H,1-4H3,(H,14,15)/b8-6-,9-7-. The van der Waals surface area contributed by atoms with Gasteiger partial charge in [0.2, 0.25) is 5.91 Å². The molecule has 0 saturated carbocycles. The molecule has 0 unspecified atom stereocenters. The normalized spacial score (nSPS) is 14.7. The monoisotopic (exact) mass is 221 g/mol. The van der Waals surface area contributed by atoms with Gasteiger partial charge in [-0.05, 0) is 13.8 Å². The molecule has 0 rings (SSSR count). The molecular formula is C10H14F3NO. The van der Waals surface area contributed by atoms with Crippen molar-refractivity contribution in [2.75, 3.05) is 0 Å². The number of carbonyl (C=O) groups is 1. The van der Waals surface area contributed by atoms with Gasteiger partial charge in [-0.3, -0.25) is 4.79 Å². The zero-order valence-electron chi connectivity index (χ0n) is 9.12. The molecule has 0 fully saturated rings. The van der Waals surface area contributed by atoms with Crippen LogP contribution in [-0.4, -0.2) is 5.91 Å². The van der Waals surface area contributed by atoms with Crippen LogP contribution in [0.5, 0.6) is 0 Å². The molecule has 0 aromatic heterocycles. The quantitative estimate of drug-likeness (QED) is 0.729. The SMILES string of the molecule is C/C(F)=C(F)\C(F)=C(/C)NC(=O)C(C)C. The molecule has 0 aliphatic heterocycles. The summed E-state index contributed by atoms with van der Waals surface area (Å²) in [6.45, 7) is 5.17. The van der Waals surface area contributed by atoms with Crippen LogP contribution in [0.15, 0.2) is 23.2 Å². The Labute approximate surface area is 86.9 Å². The third kappa shape index (κ3) is 4.18. The number of allylic oxidation sites excluding steroid dienone is 4. The van der Waals surface area contributed by atoms with E-state index < -0.39 is 23.4 Å². The number of carbonyl (C=O) groups excluding carboxylic acids is 1. The van der Waals surface area contributed by atoms with Gasteiger partial charge in [0.15, 0.2) is 11.7 Å². The molecule has 15 heavy (non-hydrogen) atoms. The highest BCUT2D eigenvalue weighted by atomic mass is 19.2. The summed E-state index contributed by atoms with van der Waals surface area (Å²) in [5.74, 6) is -5.04. The van der Waals surface area contributed by atoms with Crippen LogP contribution < -0.4 is 5.32 Å². The van der Waals surface area contributed by atoms with Gasteiger partial charge in [-0.2, -0.15) is 0 Å². The van der Waals surface area contributed by atoms with E-state index in [4.69, 9.17) is 0 Å². The first-order valence-electron chi connectivity index (χ1n) is 4.46. The molecular weight excluding hydrogens is 207 g/mol. The molecule has 1 N–H and O–H groups in total. The number of amides is 1. The van der Waals surface area contributed by atoms with Crippen LogP contribution in [0.3, 0.4) is 0 Å². The van der Waals surface area contributed by atoms with Gasteiger partial charge < -0.3 is 5.32 Å². The lowest BCUT2D eigenvalue weighted by Gasteiger charge is -2.08. The zero-order chi connectivity index (χ0) is 12.2. The van der Waals surface area contributed by atoms with Crippen molar-refractivity contribution < 1.29 is 18.0 Å². The summed E-state index contributed by atoms with van der Waals surface area (Å²) < 4.78 is 38.1. The lowest BCUT2D eigenvalue weighted by atomic mass is 10.2. The van der Waals surface area contributed by atoms with Crippen LogP contribution in [0, 0.1) is 5.92 Å². The van der Waals surface area contributed by atoms with Gasteiger partial charge in [-0.15, -0.1) is 0 Å². The fraction of sp³-hybridized carbons (Fsp3) is 0.500. The second-order valence-electron chi connectivity index (χ2n) is 3.43. The van der Waals surface area contributed by atoms with Crippen molar-refractivity contribution in [1.29, 1.82) is 0 Å². The van der Waals surface area contributed by atoms with Crippen molar-refractivity contribution in [3.63, 3.8) is 0 Å². The van der Waals surface area contributed by atoms with Gasteiger partial charge in [-0.25, -0.2) is 13.2 Å². The molecule has 86 valence electrons. The van der Waals surface area contributed by atoms with Crippen molar-refractivity contribution in [3.8, 4) is 0 Å². The molecule has 0 saturated heterocycles. The number of hydrogen-bond acceptors (Lipinski definition) is 1. The van der Waals surface area contributed by atoms with Gasteiger partial charge in [0.25, 0.3) is 0 Å². The minimum absolute atomic E-state index is 0.330. The molecule has 2 nitrogen and oxygen atoms in total. The average molecular weight is 221 g/mol. The van der Waals surface area contributed by atoms with Crippen molar-refractivity contribution in [2.24, 2.45) is 5.92 Å². The lowest BCUT2D eigenvalue weighted by Crippen LogP contribution is -2.26. The number of halogens is 3. The van der Waals surface area contributed by atoms with E-state index in [0.29, 0.717) is 0 Å². The average Bonchev–Trinajstić information content (AvgIpc) is 2.14. The molecule has 0 atom stereocenters. The largest absolute Gasteiger partial charge is 0.327 e. The van der Waals surface area contributed by atoms with E-state index in [0.717, 1.165) is 13.8 Å². The van der Waals surface area contributed by atoms with E-state index in [2.05, 4.69) is 5.32 Å². The first-order valence-corrected chi connectivity index (χ1v) is 4.46. The summed E-state index contributed by atoms with van der Waals surface area (Å²) in [6.07, 6.45) is 0. The Morgan fingerprint density at radius 2 is 1.53 bits per heavy atom. The molecule has 0 aliphatic carbocycles. The predicted octanol–water partition coefficient (Wildman–Crippen LogP) is 3.13. The Morgan fingerprint density at radius 3 is 1.87 bits per heavy atom. The van der Waals surface area contributed by atoms with Crippen molar-refractivity contribution >= 4 is 5.91 Å². The Hall–Kier alpha value is -1.26. The van der Waals surface area contributed by atoms with E-state index in [1.807, 2.05) is 0 Å². The third-order valence-corrected chi connectivity index (χ3v) is 1.66. The highest BCUT2D eigenvalue weighted by Gasteiger charge is 2.14. The maximum atomic E-state index is 13.1. The van der Waals surface area contributed by atoms with Crippen LogP contribution in [-0.2, 0) is 4.79 Å². The minimum Gasteiger partial charge on any atom is -0.327 e. The van der Waals surface area contributed by atoms with E-state index in [1.54, 1.807) is 13.8 Å². The molecule has 0 bridgehead atoms. The molecule has 0 aromatic carbocycles. The van der Waals surface area contributed by atoms with Crippen LogP contribution in [0.2, 0.25) is 0 Å². The Kier molecular flexibility index (Phi) is 5.11. The molecule has 1 amide bonds. The highest BCUT2D eigenvalue weighted by Crippen LogP contribution is 2.20. The van der Waals surface area contributed by atoms with E-state index in [1.165, 1.54) is 0 Å². The van der Waals surface area contributed by atoms with Crippen molar-refractivity contribution in [3.05, 3.63) is 23.2 Å². The summed E-state index contributed by atoms with van der Waals surface area (Å²) in [5, 5.41) is 2.14. The predicted molar refractivity (Wildman–Crippen MR) is 51.7 cm³/mol. The molecule has 0 aliphatic rings. The second kappa shape index (κ2) is 5.58. The molecule has 0 aromatic rings. The lowest BCUT2D eigenvalue weighted by molar-refractivity contribution is -0.123. The van der Waals surface area contributed by atoms with Crippen LogP contribution in [0.1, 0.15) is 27.7 Å². The Morgan fingerprint density at radius 1 is 1.07 bits per heavy atom. The Bertz CT molecular complexity index is 315. The number of hydrogen-bond donors (Lipinski definition) is 1. The van der Waals surface area contributed by atoms with Crippen LogP contribution in [0.4, 0.5) is 13.2 Å². The minimum atomic E-state index is -1.59. The number of rotatable bonds is 3.